The monoisotopic (exact) mass is 544 g/mol. The van der Waals surface area contributed by atoms with Gasteiger partial charge in [-0.3, -0.25) is 4.79 Å². The van der Waals surface area contributed by atoms with Crippen LogP contribution in [0, 0.1) is 17.8 Å². The molecule has 0 bridgehead atoms. The first kappa shape index (κ1) is 30.3. The quantitative estimate of drug-likeness (QED) is 0.244. The number of halogens is 1. The van der Waals surface area contributed by atoms with E-state index in [4.69, 9.17) is 30.6 Å². The highest BCUT2D eigenvalue weighted by Gasteiger charge is 2.27. The molecule has 204 valence electrons. The molecule has 0 aliphatic rings. The first-order valence-corrected chi connectivity index (χ1v) is 12.6. The molecular weight excluding hydrogens is 512 g/mol. The lowest BCUT2D eigenvalue weighted by atomic mass is 10.1. The van der Waals surface area contributed by atoms with Gasteiger partial charge in [-0.15, -0.1) is 0 Å². The van der Waals surface area contributed by atoms with Gasteiger partial charge in [0.1, 0.15) is 12.6 Å². The number of unbranched alkanes of at least 4 members (excludes halogenated alkanes) is 1. The van der Waals surface area contributed by atoms with Crippen LogP contribution in [-0.4, -0.2) is 44.3 Å². The molecule has 0 heterocycles. The van der Waals surface area contributed by atoms with E-state index in [1.807, 2.05) is 25.1 Å². The Balaban J connectivity index is 1.88. The van der Waals surface area contributed by atoms with Gasteiger partial charge in [0, 0.05) is 5.56 Å². The second-order valence-electron chi connectivity index (χ2n) is 8.53. The van der Waals surface area contributed by atoms with E-state index in [1.54, 1.807) is 38.1 Å². The maximum absolute atomic E-state index is 12.4. The first-order valence-electron chi connectivity index (χ1n) is 12.2. The number of hydrogen-bond acceptors (Lipinski definition) is 7. The van der Waals surface area contributed by atoms with E-state index in [0.29, 0.717) is 27.6 Å². The van der Waals surface area contributed by atoms with E-state index in [2.05, 4.69) is 22.6 Å². The van der Waals surface area contributed by atoms with Gasteiger partial charge in [-0.2, -0.15) is 5.48 Å². The summed E-state index contributed by atoms with van der Waals surface area (Å²) in [4.78, 5) is 41.6. The third-order valence-electron chi connectivity index (χ3n) is 5.18. The van der Waals surface area contributed by atoms with Crippen molar-refractivity contribution < 1.29 is 33.4 Å². The fourth-order valence-electron chi connectivity index (χ4n) is 3.12. The Morgan fingerprint density at radius 2 is 1.84 bits per heavy atom. The van der Waals surface area contributed by atoms with Gasteiger partial charge in [-0.25, -0.2) is 9.59 Å². The van der Waals surface area contributed by atoms with Crippen LogP contribution in [0.1, 0.15) is 44.7 Å². The molecule has 0 radical (unpaired) electrons. The zero-order valence-electron chi connectivity index (χ0n) is 22.0. The number of methoxy groups -OCH3 is 1. The van der Waals surface area contributed by atoms with Gasteiger partial charge in [-0.05, 0) is 42.2 Å². The van der Waals surface area contributed by atoms with Crippen LogP contribution in [0.4, 0.5) is 4.79 Å². The number of rotatable bonds is 11. The van der Waals surface area contributed by atoms with Crippen molar-refractivity contribution in [3.8, 4) is 23.3 Å². The van der Waals surface area contributed by atoms with Crippen molar-refractivity contribution in [2.45, 2.75) is 46.1 Å². The molecule has 0 aromatic heterocycles. The highest BCUT2D eigenvalue weighted by atomic mass is 35.5. The third kappa shape index (κ3) is 10.2. The van der Waals surface area contributed by atoms with E-state index >= 15 is 0 Å². The van der Waals surface area contributed by atoms with Crippen LogP contribution in [-0.2, 0) is 25.6 Å². The van der Waals surface area contributed by atoms with Crippen LogP contribution < -0.4 is 20.3 Å². The van der Waals surface area contributed by atoms with E-state index < -0.39 is 24.0 Å². The number of carbonyl (C=O) groups excluding carboxylic acids is 3. The molecule has 10 heteroatoms. The number of nitrogens with one attached hydrogen (secondary N) is 2. The number of carbonyl (C=O) groups is 3. The molecule has 2 amide bonds. The molecule has 2 aromatic rings. The van der Waals surface area contributed by atoms with Crippen LogP contribution in [0.15, 0.2) is 42.5 Å². The second kappa shape index (κ2) is 16.0. The van der Waals surface area contributed by atoms with Crippen LogP contribution >= 0.6 is 11.6 Å². The van der Waals surface area contributed by atoms with Crippen molar-refractivity contribution in [3.05, 3.63) is 58.6 Å². The lowest BCUT2D eigenvalue weighted by Crippen LogP contribution is -2.47. The van der Waals surface area contributed by atoms with Crippen LogP contribution in [0.2, 0.25) is 5.02 Å². The molecule has 0 saturated carbocycles. The Hall–Kier alpha value is -3.90. The summed E-state index contributed by atoms with van der Waals surface area (Å²) in [5.74, 6) is 5.06. The summed E-state index contributed by atoms with van der Waals surface area (Å²) in [6.07, 6.45) is 0.783. The molecular formula is C28H33ClN2O7. The average Bonchev–Trinajstić information content (AvgIpc) is 2.89. The predicted molar refractivity (Wildman–Crippen MR) is 143 cm³/mol. The fourth-order valence-corrected chi connectivity index (χ4v) is 3.30. The smallest absolute Gasteiger partial charge is 0.407 e. The highest BCUT2D eigenvalue weighted by molar-refractivity contribution is 6.31. The number of benzene rings is 2. The third-order valence-corrected chi connectivity index (χ3v) is 5.51. The van der Waals surface area contributed by atoms with Crippen molar-refractivity contribution in [2.75, 3.05) is 20.3 Å². The SMILES string of the molecule is CCCCOC(=O)NC(C(=O)ONC(=O)Cc1ccc(OCC#Cc2ccccc2Cl)c(OC)c1)C(C)C. The topological polar surface area (TPSA) is 112 Å². The summed E-state index contributed by atoms with van der Waals surface area (Å²) in [6, 6.07) is 11.3. The van der Waals surface area contributed by atoms with Crippen molar-refractivity contribution in [3.63, 3.8) is 0 Å². The van der Waals surface area contributed by atoms with E-state index in [-0.39, 0.29) is 25.6 Å². The minimum Gasteiger partial charge on any atom is -0.493 e. The predicted octanol–water partition coefficient (Wildman–Crippen LogP) is 4.45. The Morgan fingerprint density at radius 1 is 1.08 bits per heavy atom. The normalized spacial score (nSPS) is 11.0. The van der Waals surface area contributed by atoms with Crippen LogP contribution in [0.3, 0.4) is 0 Å². The minimum atomic E-state index is -0.984. The van der Waals surface area contributed by atoms with Crippen molar-refractivity contribution >= 4 is 29.6 Å². The Kier molecular flexibility index (Phi) is 12.8. The van der Waals surface area contributed by atoms with Gasteiger partial charge in [0.15, 0.2) is 11.5 Å². The van der Waals surface area contributed by atoms with Crippen molar-refractivity contribution in [1.82, 2.24) is 10.8 Å². The summed E-state index contributed by atoms with van der Waals surface area (Å²) < 4.78 is 16.1. The van der Waals surface area contributed by atoms with Crippen LogP contribution in [0.25, 0.3) is 0 Å². The summed E-state index contributed by atoms with van der Waals surface area (Å²) in [5, 5.41) is 3.03. The van der Waals surface area contributed by atoms with Crippen LogP contribution in [0.5, 0.6) is 11.5 Å². The molecule has 0 fully saturated rings. The first-order chi connectivity index (χ1) is 18.2. The van der Waals surface area contributed by atoms with Gasteiger partial charge in [0.2, 0.25) is 0 Å². The Labute approximate surface area is 228 Å². The molecule has 2 aromatic carbocycles. The molecule has 9 nitrogen and oxygen atoms in total. The Morgan fingerprint density at radius 3 is 2.53 bits per heavy atom. The molecule has 2 N–H and O–H groups in total. The minimum absolute atomic E-state index is 0.0882. The summed E-state index contributed by atoms with van der Waals surface area (Å²) in [7, 11) is 1.48. The highest BCUT2D eigenvalue weighted by Crippen LogP contribution is 2.28. The average molecular weight is 545 g/mol. The lowest BCUT2D eigenvalue weighted by Gasteiger charge is -2.20. The van der Waals surface area contributed by atoms with Crippen molar-refractivity contribution in [2.24, 2.45) is 5.92 Å². The fraction of sp³-hybridized carbons (Fsp3) is 0.393. The molecule has 0 spiro atoms. The van der Waals surface area contributed by atoms with Gasteiger partial charge in [0.25, 0.3) is 5.91 Å². The zero-order chi connectivity index (χ0) is 27.9. The molecule has 0 aliphatic heterocycles. The van der Waals surface area contributed by atoms with E-state index in [1.165, 1.54) is 7.11 Å². The molecule has 1 atom stereocenters. The van der Waals surface area contributed by atoms with Gasteiger partial charge in [0.05, 0.1) is 25.2 Å². The Bertz CT molecular complexity index is 1160. The molecule has 0 saturated heterocycles. The maximum atomic E-state index is 12.4. The number of hydroxylamine groups is 1. The van der Waals surface area contributed by atoms with Gasteiger partial charge in [-0.1, -0.05) is 68.8 Å². The number of alkyl carbamates (subject to hydrolysis) is 1. The maximum Gasteiger partial charge on any atom is 0.407 e. The second-order valence-corrected chi connectivity index (χ2v) is 8.94. The molecule has 38 heavy (non-hydrogen) atoms. The summed E-state index contributed by atoms with van der Waals surface area (Å²) in [5.41, 5.74) is 3.43. The molecule has 1 unspecified atom stereocenters. The largest absolute Gasteiger partial charge is 0.493 e. The number of hydrogen-bond donors (Lipinski definition) is 2. The lowest BCUT2D eigenvalue weighted by molar-refractivity contribution is -0.161. The summed E-state index contributed by atoms with van der Waals surface area (Å²) in [6.45, 7) is 5.80. The zero-order valence-corrected chi connectivity index (χ0v) is 22.7. The van der Waals surface area contributed by atoms with Gasteiger partial charge < -0.3 is 24.4 Å². The van der Waals surface area contributed by atoms with Gasteiger partial charge >= 0.3 is 12.1 Å². The summed E-state index contributed by atoms with van der Waals surface area (Å²) >= 11 is 6.09. The standard InChI is InChI=1S/C28H33ClN2O7/c1-5-6-15-37-28(34)30-26(19(2)3)27(33)38-31-25(32)18-20-13-14-23(24(17-20)35-4)36-16-9-11-21-10-7-8-12-22(21)29/h7-8,10,12-14,17,19,26H,5-6,15-16,18H2,1-4H3,(H,30,34)(H,31,32). The number of ether oxygens (including phenoxy) is 3. The number of amides is 2. The molecule has 2 rings (SSSR count). The van der Waals surface area contributed by atoms with E-state index in [0.717, 1.165) is 12.8 Å². The van der Waals surface area contributed by atoms with E-state index in [9.17, 15) is 14.4 Å². The molecule has 0 aliphatic carbocycles. The van der Waals surface area contributed by atoms with Crippen molar-refractivity contribution in [1.29, 1.82) is 0 Å².